The maximum Gasteiger partial charge on any atom is 0.216 e. The maximum atomic E-state index is 11.2. The summed E-state index contributed by atoms with van der Waals surface area (Å²) in [6.07, 6.45) is 5.62. The lowest BCUT2D eigenvalue weighted by Gasteiger charge is -2.48. The summed E-state index contributed by atoms with van der Waals surface area (Å²) < 4.78 is 12.5. The van der Waals surface area contributed by atoms with E-state index in [1.54, 1.807) is 19.4 Å². The van der Waals surface area contributed by atoms with E-state index >= 15 is 0 Å². The van der Waals surface area contributed by atoms with E-state index in [0.717, 1.165) is 35.3 Å². The number of hydrogen-bond acceptors (Lipinski definition) is 5. The molecule has 0 aliphatic carbocycles. The second kappa shape index (κ2) is 7.65. The molecular formula is C21H23ClN4O3. The van der Waals surface area contributed by atoms with Gasteiger partial charge < -0.3 is 15.2 Å². The molecule has 3 atom stereocenters. The first-order valence-corrected chi connectivity index (χ1v) is 9.87. The molecule has 8 heteroatoms. The van der Waals surface area contributed by atoms with Crippen molar-refractivity contribution in [2.24, 2.45) is 10.7 Å². The van der Waals surface area contributed by atoms with E-state index in [1.165, 1.54) is 4.90 Å². The summed E-state index contributed by atoms with van der Waals surface area (Å²) in [4.78, 5) is 21.3. The third-order valence-corrected chi connectivity index (χ3v) is 5.81. The lowest BCUT2D eigenvalue weighted by Crippen LogP contribution is -2.55. The van der Waals surface area contributed by atoms with Crippen LogP contribution in [0.25, 0.3) is 11.1 Å². The number of carbonyl (C=O) groups excluding carboxylic acids is 1. The first-order valence-electron chi connectivity index (χ1n) is 9.49. The topological polar surface area (TPSA) is 90.0 Å². The number of nitrogens with zero attached hydrogens (tertiary/aromatic N) is 3. The van der Waals surface area contributed by atoms with Gasteiger partial charge in [-0.15, -0.1) is 0 Å². The molecule has 3 heterocycles. The molecule has 29 heavy (non-hydrogen) atoms. The fourth-order valence-electron chi connectivity index (χ4n) is 3.93. The zero-order chi connectivity index (χ0) is 20.6. The molecule has 2 aromatic rings. The standard InChI is InChI=1S/C21H23ClN4O3/c1-21-18(4-3-7-28-21)29-17-6-5-13(14-8-15(22)11-24-10-14)9-16(17)19(21)25-20(23)26(2)12-27/h5-6,8-12,18-19H,3-4,7H2,1-2H3,(H2,23,25)/t18-,19-,21-/m0/s1. The van der Waals surface area contributed by atoms with Crippen molar-refractivity contribution in [3.05, 3.63) is 47.2 Å². The number of benzene rings is 1. The molecule has 1 aromatic carbocycles. The second-order valence-corrected chi connectivity index (χ2v) is 7.97. The van der Waals surface area contributed by atoms with Crippen molar-refractivity contribution in [1.29, 1.82) is 0 Å². The first kappa shape index (κ1) is 19.7. The summed E-state index contributed by atoms with van der Waals surface area (Å²) in [5, 5.41) is 0.561. The van der Waals surface area contributed by atoms with Crippen LogP contribution in [0.4, 0.5) is 0 Å². The minimum Gasteiger partial charge on any atom is -0.487 e. The van der Waals surface area contributed by atoms with Gasteiger partial charge in [0.15, 0.2) is 5.96 Å². The Morgan fingerprint density at radius 3 is 2.97 bits per heavy atom. The molecule has 1 saturated heterocycles. The Kier molecular flexibility index (Phi) is 5.19. The number of nitrogens with two attached hydrogens (primary N) is 1. The average molecular weight is 415 g/mol. The Morgan fingerprint density at radius 1 is 1.38 bits per heavy atom. The van der Waals surface area contributed by atoms with Crippen LogP contribution in [0.3, 0.4) is 0 Å². The molecule has 7 nitrogen and oxygen atoms in total. The van der Waals surface area contributed by atoms with Crippen molar-refractivity contribution >= 4 is 24.0 Å². The van der Waals surface area contributed by atoms with Crippen molar-refractivity contribution < 1.29 is 14.3 Å². The fourth-order valence-corrected chi connectivity index (χ4v) is 4.10. The molecule has 2 N–H and O–H groups in total. The van der Waals surface area contributed by atoms with Gasteiger partial charge in [0.25, 0.3) is 0 Å². The summed E-state index contributed by atoms with van der Waals surface area (Å²) in [5.41, 5.74) is 8.07. The van der Waals surface area contributed by atoms with Crippen LogP contribution in [0.5, 0.6) is 5.75 Å². The van der Waals surface area contributed by atoms with Crippen LogP contribution < -0.4 is 10.5 Å². The van der Waals surface area contributed by atoms with E-state index in [0.29, 0.717) is 18.0 Å². The van der Waals surface area contributed by atoms with Gasteiger partial charge in [0.1, 0.15) is 23.5 Å². The molecule has 0 bridgehead atoms. The summed E-state index contributed by atoms with van der Waals surface area (Å²) in [5.74, 6) is 0.869. The molecule has 4 rings (SSSR count). The maximum absolute atomic E-state index is 11.2. The molecule has 1 amide bonds. The summed E-state index contributed by atoms with van der Waals surface area (Å²) in [7, 11) is 1.57. The number of aliphatic imine (C=N–C) groups is 1. The van der Waals surface area contributed by atoms with E-state index in [1.807, 2.05) is 31.2 Å². The summed E-state index contributed by atoms with van der Waals surface area (Å²) in [6.45, 7) is 2.62. The summed E-state index contributed by atoms with van der Waals surface area (Å²) >= 11 is 6.12. The normalized spacial score (nSPS) is 26.1. The van der Waals surface area contributed by atoms with Crippen LogP contribution in [-0.4, -0.2) is 47.6 Å². The first-order chi connectivity index (χ1) is 13.9. The predicted octanol–water partition coefficient (Wildman–Crippen LogP) is 3.18. The highest BCUT2D eigenvalue weighted by Crippen LogP contribution is 2.49. The quantitative estimate of drug-likeness (QED) is 0.473. The molecule has 0 spiro atoms. The van der Waals surface area contributed by atoms with Crippen LogP contribution in [0.15, 0.2) is 41.7 Å². The molecule has 0 radical (unpaired) electrons. The highest BCUT2D eigenvalue weighted by atomic mass is 35.5. The van der Waals surface area contributed by atoms with Gasteiger partial charge in [0.05, 0.1) is 5.02 Å². The third-order valence-electron chi connectivity index (χ3n) is 5.60. The van der Waals surface area contributed by atoms with Crippen molar-refractivity contribution in [1.82, 2.24) is 9.88 Å². The molecule has 152 valence electrons. The Hall–Kier alpha value is -2.64. The average Bonchev–Trinajstić information content (AvgIpc) is 2.73. The Labute approximate surface area is 174 Å². The van der Waals surface area contributed by atoms with Gasteiger partial charge in [0.2, 0.25) is 6.41 Å². The highest BCUT2D eigenvalue weighted by molar-refractivity contribution is 6.30. The number of hydrogen-bond donors (Lipinski definition) is 1. The van der Waals surface area contributed by atoms with Gasteiger partial charge >= 0.3 is 0 Å². The van der Waals surface area contributed by atoms with E-state index in [4.69, 9.17) is 31.8 Å². The smallest absolute Gasteiger partial charge is 0.216 e. The minimum atomic E-state index is -0.690. The van der Waals surface area contributed by atoms with Crippen LogP contribution in [0, 0.1) is 0 Å². The molecular weight excluding hydrogens is 392 g/mol. The number of aromatic nitrogens is 1. The van der Waals surface area contributed by atoms with Crippen molar-refractivity contribution in [3.8, 4) is 16.9 Å². The third kappa shape index (κ3) is 3.56. The van der Waals surface area contributed by atoms with E-state index in [-0.39, 0.29) is 12.1 Å². The molecule has 1 aromatic heterocycles. The van der Waals surface area contributed by atoms with Crippen LogP contribution in [-0.2, 0) is 9.53 Å². The fraction of sp³-hybridized carbons (Fsp3) is 0.381. The van der Waals surface area contributed by atoms with Gasteiger partial charge in [-0.3, -0.25) is 14.7 Å². The molecule has 1 fully saturated rings. The van der Waals surface area contributed by atoms with Crippen molar-refractivity contribution in [2.45, 2.75) is 37.5 Å². The number of halogens is 1. The highest BCUT2D eigenvalue weighted by Gasteiger charge is 2.51. The number of pyridine rings is 1. The van der Waals surface area contributed by atoms with E-state index in [2.05, 4.69) is 4.98 Å². The predicted molar refractivity (Wildman–Crippen MR) is 111 cm³/mol. The number of carbonyl (C=O) groups is 1. The lowest BCUT2D eigenvalue weighted by molar-refractivity contribution is -0.156. The lowest BCUT2D eigenvalue weighted by atomic mass is 9.79. The van der Waals surface area contributed by atoms with Gasteiger partial charge in [-0.1, -0.05) is 17.7 Å². The summed E-state index contributed by atoms with van der Waals surface area (Å²) in [6, 6.07) is 7.34. The van der Waals surface area contributed by atoms with Gasteiger partial charge in [-0.2, -0.15) is 0 Å². The molecule has 2 aliphatic rings. The zero-order valence-electron chi connectivity index (χ0n) is 16.3. The van der Waals surface area contributed by atoms with E-state index < -0.39 is 11.6 Å². The van der Waals surface area contributed by atoms with Gasteiger partial charge in [0, 0.05) is 37.2 Å². The molecule has 0 unspecified atom stereocenters. The number of fused-ring (bicyclic) bond motifs is 2. The zero-order valence-corrected chi connectivity index (χ0v) is 17.1. The van der Waals surface area contributed by atoms with E-state index in [9.17, 15) is 4.79 Å². The Bertz CT molecular complexity index is 967. The Balaban J connectivity index is 1.85. The van der Waals surface area contributed by atoms with Gasteiger partial charge in [-0.25, -0.2) is 4.99 Å². The minimum absolute atomic E-state index is 0.127. The van der Waals surface area contributed by atoms with Crippen molar-refractivity contribution in [3.63, 3.8) is 0 Å². The number of rotatable bonds is 3. The number of amides is 1. The van der Waals surface area contributed by atoms with Crippen LogP contribution in [0.1, 0.15) is 31.4 Å². The number of ether oxygens (including phenoxy) is 2. The van der Waals surface area contributed by atoms with Crippen molar-refractivity contribution in [2.75, 3.05) is 13.7 Å². The molecule has 0 saturated carbocycles. The number of guanidine groups is 1. The van der Waals surface area contributed by atoms with Crippen LogP contribution >= 0.6 is 11.6 Å². The van der Waals surface area contributed by atoms with Crippen LogP contribution in [0.2, 0.25) is 5.02 Å². The Morgan fingerprint density at radius 2 is 2.21 bits per heavy atom. The monoisotopic (exact) mass is 414 g/mol. The molecule has 2 aliphatic heterocycles. The second-order valence-electron chi connectivity index (χ2n) is 7.53. The largest absolute Gasteiger partial charge is 0.487 e. The van der Waals surface area contributed by atoms with Gasteiger partial charge in [-0.05, 0) is 43.5 Å². The SMILES string of the molecule is CN(C=O)C(N)=N[C@H]1c2cc(-c3cncc(Cl)c3)ccc2O[C@H]2CCCO[C@@]21C.